The third-order valence-electron chi connectivity index (χ3n) is 3.27. The minimum absolute atomic E-state index is 0.0990. The normalized spacial score (nSPS) is 10.8. The van der Waals surface area contributed by atoms with E-state index >= 15 is 0 Å². The first-order chi connectivity index (χ1) is 8.90. The molecule has 5 heteroatoms. The van der Waals surface area contributed by atoms with E-state index in [1.165, 1.54) is 0 Å². The van der Waals surface area contributed by atoms with Crippen LogP contribution in [0.15, 0.2) is 18.2 Å². The SMILES string of the molecule is Cc1nn(CC(=O)c2cc(Cl)ccc2Cl)c(C)c1C. The molecular formula is C14H14Cl2N2O. The van der Waals surface area contributed by atoms with Crippen molar-refractivity contribution in [2.45, 2.75) is 27.3 Å². The number of aryl methyl sites for hydroxylation is 1. The van der Waals surface area contributed by atoms with Crippen molar-refractivity contribution in [3.05, 3.63) is 50.8 Å². The zero-order valence-electron chi connectivity index (χ0n) is 11.0. The Bertz CT molecular complexity index is 647. The molecule has 1 aromatic carbocycles. The van der Waals surface area contributed by atoms with Gasteiger partial charge in [0.1, 0.15) is 6.54 Å². The van der Waals surface area contributed by atoms with Crippen LogP contribution in [0.1, 0.15) is 27.3 Å². The monoisotopic (exact) mass is 296 g/mol. The fourth-order valence-corrected chi connectivity index (χ4v) is 2.27. The Hall–Kier alpha value is -1.32. The van der Waals surface area contributed by atoms with E-state index in [9.17, 15) is 4.79 Å². The molecule has 3 nitrogen and oxygen atoms in total. The lowest BCUT2D eigenvalue weighted by atomic mass is 10.1. The summed E-state index contributed by atoms with van der Waals surface area (Å²) < 4.78 is 1.70. The van der Waals surface area contributed by atoms with Crippen LogP contribution in [-0.4, -0.2) is 15.6 Å². The molecule has 1 heterocycles. The highest BCUT2D eigenvalue weighted by Crippen LogP contribution is 2.22. The van der Waals surface area contributed by atoms with Gasteiger partial charge in [-0.15, -0.1) is 0 Å². The van der Waals surface area contributed by atoms with Gasteiger partial charge in [-0.05, 0) is 44.5 Å². The number of carbonyl (C=O) groups is 1. The second-order valence-electron chi connectivity index (χ2n) is 4.50. The summed E-state index contributed by atoms with van der Waals surface area (Å²) in [5.41, 5.74) is 3.45. The zero-order chi connectivity index (χ0) is 14.2. The molecule has 0 spiro atoms. The molecule has 2 aromatic rings. The fraction of sp³-hybridized carbons (Fsp3) is 0.286. The molecule has 0 amide bonds. The number of halogens is 2. The molecule has 0 saturated carbocycles. The number of hydrogen-bond donors (Lipinski definition) is 0. The van der Waals surface area contributed by atoms with Crippen LogP contribution in [0.4, 0.5) is 0 Å². The number of hydrogen-bond acceptors (Lipinski definition) is 2. The number of nitrogens with zero attached hydrogens (tertiary/aromatic N) is 2. The van der Waals surface area contributed by atoms with Crippen molar-refractivity contribution in [2.24, 2.45) is 0 Å². The summed E-state index contributed by atoms with van der Waals surface area (Å²) in [4.78, 5) is 12.3. The van der Waals surface area contributed by atoms with E-state index < -0.39 is 0 Å². The molecule has 0 unspecified atom stereocenters. The van der Waals surface area contributed by atoms with Gasteiger partial charge in [0, 0.05) is 16.3 Å². The lowest BCUT2D eigenvalue weighted by Gasteiger charge is -2.06. The average Bonchev–Trinajstić information content (AvgIpc) is 2.60. The topological polar surface area (TPSA) is 34.9 Å². The predicted octanol–water partition coefficient (Wildman–Crippen LogP) is 4.00. The molecule has 0 N–H and O–H groups in total. The molecule has 0 atom stereocenters. The first kappa shape index (κ1) is 14.1. The van der Waals surface area contributed by atoms with Gasteiger partial charge in [-0.2, -0.15) is 5.10 Å². The van der Waals surface area contributed by atoms with Gasteiger partial charge in [0.05, 0.1) is 10.7 Å². The van der Waals surface area contributed by atoms with E-state index in [0.29, 0.717) is 15.6 Å². The molecule has 0 radical (unpaired) electrons. The van der Waals surface area contributed by atoms with Crippen molar-refractivity contribution >= 4 is 29.0 Å². The molecule has 0 saturated heterocycles. The minimum atomic E-state index is -0.0990. The van der Waals surface area contributed by atoms with E-state index in [4.69, 9.17) is 23.2 Å². The number of ketones is 1. The van der Waals surface area contributed by atoms with E-state index in [1.54, 1.807) is 22.9 Å². The van der Waals surface area contributed by atoms with Crippen molar-refractivity contribution < 1.29 is 4.79 Å². The second kappa shape index (κ2) is 5.35. The van der Waals surface area contributed by atoms with Gasteiger partial charge in [-0.25, -0.2) is 0 Å². The molecule has 0 fully saturated rings. The smallest absolute Gasteiger partial charge is 0.185 e. The standard InChI is InChI=1S/C14H14Cl2N2O/c1-8-9(2)17-18(10(8)3)7-14(19)12-6-11(15)4-5-13(12)16/h4-6H,7H2,1-3H3. The van der Waals surface area contributed by atoms with Crippen LogP contribution in [0, 0.1) is 20.8 Å². The number of carbonyl (C=O) groups excluding carboxylic acids is 1. The van der Waals surface area contributed by atoms with Crippen LogP contribution >= 0.6 is 23.2 Å². The highest BCUT2D eigenvalue weighted by Gasteiger charge is 2.15. The van der Waals surface area contributed by atoms with Gasteiger partial charge in [0.15, 0.2) is 5.78 Å². The maximum atomic E-state index is 12.3. The van der Waals surface area contributed by atoms with Gasteiger partial charge < -0.3 is 0 Å². The lowest BCUT2D eigenvalue weighted by Crippen LogP contribution is -2.13. The number of aromatic nitrogens is 2. The van der Waals surface area contributed by atoms with Gasteiger partial charge in [0.25, 0.3) is 0 Å². The molecule has 0 aliphatic heterocycles. The molecule has 2 rings (SSSR count). The highest BCUT2D eigenvalue weighted by molar-refractivity contribution is 6.35. The minimum Gasteiger partial charge on any atom is -0.292 e. The summed E-state index contributed by atoms with van der Waals surface area (Å²) >= 11 is 11.9. The Morgan fingerprint density at radius 3 is 2.53 bits per heavy atom. The van der Waals surface area contributed by atoms with E-state index in [2.05, 4.69) is 5.10 Å². The molecular weight excluding hydrogens is 283 g/mol. The maximum absolute atomic E-state index is 12.3. The first-order valence-electron chi connectivity index (χ1n) is 5.89. The summed E-state index contributed by atoms with van der Waals surface area (Å²) in [6.07, 6.45) is 0. The van der Waals surface area contributed by atoms with Crippen molar-refractivity contribution in [2.75, 3.05) is 0 Å². The molecule has 0 aliphatic rings. The molecule has 19 heavy (non-hydrogen) atoms. The van der Waals surface area contributed by atoms with Crippen LogP contribution in [0.3, 0.4) is 0 Å². The number of rotatable bonds is 3. The third kappa shape index (κ3) is 2.82. The predicted molar refractivity (Wildman–Crippen MR) is 77.2 cm³/mol. The van der Waals surface area contributed by atoms with E-state index in [0.717, 1.165) is 17.0 Å². The Labute approximate surface area is 122 Å². The summed E-state index contributed by atoms with van der Waals surface area (Å²) in [7, 11) is 0. The largest absolute Gasteiger partial charge is 0.292 e. The van der Waals surface area contributed by atoms with E-state index in [-0.39, 0.29) is 12.3 Å². The number of benzene rings is 1. The lowest BCUT2D eigenvalue weighted by molar-refractivity contribution is 0.0967. The molecule has 1 aromatic heterocycles. The van der Waals surface area contributed by atoms with Crippen LogP contribution < -0.4 is 0 Å². The summed E-state index contributed by atoms with van der Waals surface area (Å²) in [6.45, 7) is 6.03. The van der Waals surface area contributed by atoms with Crippen LogP contribution in [0.25, 0.3) is 0 Å². The van der Waals surface area contributed by atoms with Crippen molar-refractivity contribution in [1.29, 1.82) is 0 Å². The third-order valence-corrected chi connectivity index (χ3v) is 3.83. The molecule has 0 bridgehead atoms. The fourth-order valence-electron chi connectivity index (χ4n) is 1.87. The highest BCUT2D eigenvalue weighted by atomic mass is 35.5. The molecule has 0 aliphatic carbocycles. The molecule has 100 valence electrons. The van der Waals surface area contributed by atoms with Gasteiger partial charge in [-0.3, -0.25) is 9.48 Å². The van der Waals surface area contributed by atoms with Crippen molar-refractivity contribution in [3.63, 3.8) is 0 Å². The van der Waals surface area contributed by atoms with E-state index in [1.807, 2.05) is 20.8 Å². The Morgan fingerprint density at radius 2 is 1.95 bits per heavy atom. The second-order valence-corrected chi connectivity index (χ2v) is 5.34. The Kier molecular flexibility index (Phi) is 3.97. The first-order valence-corrected chi connectivity index (χ1v) is 6.64. The average molecular weight is 297 g/mol. The summed E-state index contributed by atoms with van der Waals surface area (Å²) in [6, 6.07) is 4.88. The van der Waals surface area contributed by atoms with Gasteiger partial charge >= 0.3 is 0 Å². The van der Waals surface area contributed by atoms with Crippen molar-refractivity contribution in [1.82, 2.24) is 9.78 Å². The van der Waals surface area contributed by atoms with Gasteiger partial charge in [0.2, 0.25) is 0 Å². The van der Waals surface area contributed by atoms with Crippen LogP contribution in [-0.2, 0) is 6.54 Å². The van der Waals surface area contributed by atoms with Crippen LogP contribution in [0.5, 0.6) is 0 Å². The Morgan fingerprint density at radius 1 is 1.26 bits per heavy atom. The maximum Gasteiger partial charge on any atom is 0.185 e. The van der Waals surface area contributed by atoms with Gasteiger partial charge in [-0.1, -0.05) is 23.2 Å². The summed E-state index contributed by atoms with van der Waals surface area (Å²) in [5, 5.41) is 5.25. The quantitative estimate of drug-likeness (QED) is 0.803. The zero-order valence-corrected chi connectivity index (χ0v) is 12.5. The summed E-state index contributed by atoms with van der Waals surface area (Å²) in [5.74, 6) is -0.0990. The number of Topliss-reactive ketones (excluding diaryl/α,β-unsaturated/α-hetero) is 1. The van der Waals surface area contributed by atoms with Crippen molar-refractivity contribution in [3.8, 4) is 0 Å². The van der Waals surface area contributed by atoms with Crippen LogP contribution in [0.2, 0.25) is 10.0 Å². The Balaban J connectivity index is 2.30.